The molecule has 2 N–H and O–H groups in total. The molecule has 0 aromatic rings. The van der Waals surface area contributed by atoms with Crippen LogP contribution in [-0.4, -0.2) is 40.6 Å². The molecule has 20 heavy (non-hydrogen) atoms. The summed E-state index contributed by atoms with van der Waals surface area (Å²) in [6.45, 7) is 4.54. The summed E-state index contributed by atoms with van der Waals surface area (Å²) in [5.41, 5.74) is 0. The maximum atomic E-state index is 12.4. The van der Waals surface area contributed by atoms with E-state index >= 15 is 0 Å². The Labute approximate surface area is 120 Å². The van der Waals surface area contributed by atoms with E-state index in [-0.39, 0.29) is 18.0 Å². The van der Waals surface area contributed by atoms with Crippen molar-refractivity contribution in [2.24, 2.45) is 11.8 Å². The van der Waals surface area contributed by atoms with Crippen molar-refractivity contribution in [3.8, 4) is 0 Å². The molecule has 2 fully saturated rings. The molecule has 2 amide bonds. The Morgan fingerprint density at radius 1 is 1.35 bits per heavy atom. The highest BCUT2D eigenvalue weighted by Crippen LogP contribution is 2.34. The van der Waals surface area contributed by atoms with Crippen LogP contribution < -0.4 is 5.32 Å². The quantitative estimate of drug-likeness (QED) is 0.813. The zero-order valence-corrected chi connectivity index (χ0v) is 12.5. The van der Waals surface area contributed by atoms with Gasteiger partial charge in [-0.05, 0) is 37.5 Å². The van der Waals surface area contributed by atoms with Gasteiger partial charge < -0.3 is 15.3 Å². The molecular weight excluding hydrogens is 256 g/mol. The molecule has 2 rings (SSSR count). The molecule has 1 aliphatic heterocycles. The van der Waals surface area contributed by atoms with Crippen molar-refractivity contribution < 1.29 is 14.7 Å². The lowest BCUT2D eigenvalue weighted by Gasteiger charge is -2.38. The fourth-order valence-electron chi connectivity index (χ4n) is 3.13. The second kappa shape index (κ2) is 6.46. The van der Waals surface area contributed by atoms with E-state index in [2.05, 4.69) is 12.2 Å². The summed E-state index contributed by atoms with van der Waals surface area (Å²) in [5, 5.41) is 12.4. The fraction of sp³-hybridized carbons (Fsp3) is 0.867. The first-order chi connectivity index (χ1) is 9.52. The SMILES string of the molecule is CCC(CC1CC1)NC(=O)N1CCCC(C)C1C(=O)O. The summed E-state index contributed by atoms with van der Waals surface area (Å²) in [6, 6.07) is -0.694. The highest BCUT2D eigenvalue weighted by atomic mass is 16.4. The Kier molecular flexibility index (Phi) is 4.89. The topological polar surface area (TPSA) is 69.6 Å². The van der Waals surface area contributed by atoms with Crippen LogP contribution in [0.1, 0.15) is 52.4 Å². The maximum Gasteiger partial charge on any atom is 0.326 e. The van der Waals surface area contributed by atoms with Gasteiger partial charge in [0.05, 0.1) is 0 Å². The van der Waals surface area contributed by atoms with Crippen LogP contribution in [0.3, 0.4) is 0 Å². The normalized spacial score (nSPS) is 28.0. The number of carbonyl (C=O) groups is 2. The zero-order chi connectivity index (χ0) is 14.7. The van der Waals surface area contributed by atoms with E-state index in [0.29, 0.717) is 6.54 Å². The Morgan fingerprint density at radius 3 is 2.60 bits per heavy atom. The Hall–Kier alpha value is -1.26. The van der Waals surface area contributed by atoms with Crippen molar-refractivity contribution >= 4 is 12.0 Å². The van der Waals surface area contributed by atoms with Gasteiger partial charge in [0.1, 0.15) is 6.04 Å². The predicted octanol–water partition coefficient (Wildman–Crippen LogP) is 2.46. The number of rotatable bonds is 5. The smallest absolute Gasteiger partial charge is 0.326 e. The molecule has 1 saturated heterocycles. The van der Waals surface area contributed by atoms with Crippen LogP contribution >= 0.6 is 0 Å². The number of hydrogen-bond acceptors (Lipinski definition) is 2. The molecular formula is C15H26N2O3. The number of amides is 2. The van der Waals surface area contributed by atoms with Gasteiger partial charge in [0.25, 0.3) is 0 Å². The van der Waals surface area contributed by atoms with Crippen molar-refractivity contribution in [1.29, 1.82) is 0 Å². The van der Waals surface area contributed by atoms with Gasteiger partial charge in [-0.15, -0.1) is 0 Å². The first-order valence-corrected chi connectivity index (χ1v) is 7.82. The largest absolute Gasteiger partial charge is 0.480 e. The molecule has 5 nitrogen and oxygen atoms in total. The van der Waals surface area contributed by atoms with Crippen molar-refractivity contribution in [3.63, 3.8) is 0 Å². The summed E-state index contributed by atoms with van der Waals surface area (Å²) in [7, 11) is 0. The van der Waals surface area contributed by atoms with Gasteiger partial charge in [-0.25, -0.2) is 9.59 Å². The van der Waals surface area contributed by atoms with Crippen molar-refractivity contribution in [2.45, 2.75) is 64.5 Å². The lowest BCUT2D eigenvalue weighted by molar-refractivity contribution is -0.145. The molecule has 0 bridgehead atoms. The van der Waals surface area contributed by atoms with E-state index in [0.717, 1.165) is 31.6 Å². The van der Waals surface area contributed by atoms with E-state index in [1.165, 1.54) is 17.7 Å². The second-order valence-corrected chi connectivity index (χ2v) is 6.33. The molecule has 0 aromatic carbocycles. The number of aliphatic carboxylic acids is 1. The third-order valence-electron chi connectivity index (χ3n) is 4.58. The first kappa shape index (κ1) is 15.1. The van der Waals surface area contributed by atoms with Crippen LogP contribution in [0.4, 0.5) is 4.79 Å². The molecule has 0 aromatic heterocycles. The number of piperidine rings is 1. The number of carbonyl (C=O) groups excluding carboxylic acids is 1. The Balaban J connectivity index is 1.95. The number of nitrogens with zero attached hydrogens (tertiary/aromatic N) is 1. The second-order valence-electron chi connectivity index (χ2n) is 6.33. The van der Waals surface area contributed by atoms with Gasteiger partial charge >= 0.3 is 12.0 Å². The van der Waals surface area contributed by atoms with Crippen LogP contribution in [0.15, 0.2) is 0 Å². The van der Waals surface area contributed by atoms with Crippen molar-refractivity contribution in [1.82, 2.24) is 10.2 Å². The third-order valence-corrected chi connectivity index (χ3v) is 4.58. The Morgan fingerprint density at radius 2 is 2.05 bits per heavy atom. The van der Waals surface area contributed by atoms with E-state index < -0.39 is 12.0 Å². The lowest BCUT2D eigenvalue weighted by atomic mass is 9.91. The maximum absolute atomic E-state index is 12.4. The number of urea groups is 1. The highest BCUT2D eigenvalue weighted by Gasteiger charge is 2.37. The van der Waals surface area contributed by atoms with Gasteiger partial charge in [-0.3, -0.25) is 0 Å². The van der Waals surface area contributed by atoms with E-state index in [1.807, 2.05) is 6.92 Å². The fourth-order valence-corrected chi connectivity index (χ4v) is 3.13. The predicted molar refractivity (Wildman–Crippen MR) is 76.5 cm³/mol. The Bertz CT molecular complexity index is 368. The molecule has 0 spiro atoms. The molecule has 3 unspecified atom stereocenters. The number of hydrogen-bond donors (Lipinski definition) is 2. The summed E-state index contributed by atoms with van der Waals surface area (Å²) >= 11 is 0. The van der Waals surface area contributed by atoms with E-state index in [1.54, 1.807) is 0 Å². The van der Waals surface area contributed by atoms with Crippen LogP contribution in [0.25, 0.3) is 0 Å². The van der Waals surface area contributed by atoms with Crippen LogP contribution in [0.5, 0.6) is 0 Å². The van der Waals surface area contributed by atoms with E-state index in [4.69, 9.17) is 0 Å². The van der Waals surface area contributed by atoms with Crippen LogP contribution in [0, 0.1) is 11.8 Å². The number of nitrogens with one attached hydrogen (secondary N) is 1. The average Bonchev–Trinajstić information content (AvgIpc) is 3.21. The van der Waals surface area contributed by atoms with Crippen molar-refractivity contribution in [3.05, 3.63) is 0 Å². The number of likely N-dealkylation sites (tertiary alicyclic amines) is 1. The number of carboxylic acids is 1. The molecule has 1 aliphatic carbocycles. The minimum absolute atomic E-state index is 0.0236. The minimum atomic E-state index is -0.886. The highest BCUT2D eigenvalue weighted by molar-refractivity contribution is 5.83. The lowest BCUT2D eigenvalue weighted by Crippen LogP contribution is -2.56. The zero-order valence-electron chi connectivity index (χ0n) is 12.5. The summed E-state index contributed by atoms with van der Waals surface area (Å²) < 4.78 is 0. The van der Waals surface area contributed by atoms with Crippen LogP contribution in [-0.2, 0) is 4.79 Å². The molecule has 5 heteroatoms. The molecule has 2 aliphatic rings. The average molecular weight is 282 g/mol. The standard InChI is InChI=1S/C15H26N2O3/c1-3-12(9-11-6-7-11)16-15(20)17-8-4-5-10(2)13(17)14(18)19/h10-13H,3-9H2,1-2H3,(H,16,20)(H,18,19). The summed E-state index contributed by atoms with van der Waals surface area (Å²) in [4.78, 5) is 25.3. The van der Waals surface area contributed by atoms with Crippen molar-refractivity contribution in [2.75, 3.05) is 6.54 Å². The third kappa shape index (κ3) is 3.64. The van der Waals surface area contributed by atoms with Gasteiger partial charge in [-0.1, -0.05) is 26.7 Å². The van der Waals surface area contributed by atoms with Crippen LogP contribution in [0.2, 0.25) is 0 Å². The summed E-state index contributed by atoms with van der Waals surface area (Å²) in [6.07, 6.45) is 6.24. The molecule has 0 radical (unpaired) electrons. The monoisotopic (exact) mass is 282 g/mol. The van der Waals surface area contributed by atoms with Gasteiger partial charge in [0.2, 0.25) is 0 Å². The van der Waals surface area contributed by atoms with Gasteiger partial charge in [0.15, 0.2) is 0 Å². The molecule has 1 saturated carbocycles. The van der Waals surface area contributed by atoms with Gasteiger partial charge in [-0.2, -0.15) is 0 Å². The molecule has 3 atom stereocenters. The summed E-state index contributed by atoms with van der Waals surface area (Å²) in [5.74, 6) is -0.103. The number of carboxylic acid groups (broad SMARTS) is 1. The minimum Gasteiger partial charge on any atom is -0.480 e. The first-order valence-electron chi connectivity index (χ1n) is 7.82. The van der Waals surface area contributed by atoms with E-state index in [9.17, 15) is 14.7 Å². The molecule has 1 heterocycles. The molecule has 114 valence electrons. The van der Waals surface area contributed by atoms with Gasteiger partial charge in [0, 0.05) is 12.6 Å².